The zero-order valence-electron chi connectivity index (χ0n) is 11.4. The highest BCUT2D eigenvalue weighted by Crippen LogP contribution is 2.23. The van der Waals surface area contributed by atoms with E-state index in [1.54, 1.807) is 18.7 Å². The largest absolute Gasteiger partial charge is 0.330 e. The zero-order valence-corrected chi connectivity index (χ0v) is 11.4. The summed E-state index contributed by atoms with van der Waals surface area (Å²) in [5.41, 5.74) is 1.23. The summed E-state index contributed by atoms with van der Waals surface area (Å²) >= 11 is 0. The molecule has 4 heteroatoms. The van der Waals surface area contributed by atoms with Crippen LogP contribution in [-0.4, -0.2) is 9.13 Å². The van der Waals surface area contributed by atoms with E-state index < -0.39 is 0 Å². The summed E-state index contributed by atoms with van der Waals surface area (Å²) in [4.78, 5) is 23.9. The predicted molar refractivity (Wildman–Crippen MR) is 69.6 cm³/mol. The Hall–Kier alpha value is -1.32. The van der Waals surface area contributed by atoms with Gasteiger partial charge in [-0.05, 0) is 25.7 Å². The van der Waals surface area contributed by atoms with Crippen LogP contribution in [0, 0.1) is 6.92 Å². The fourth-order valence-corrected chi connectivity index (χ4v) is 2.34. The zero-order chi connectivity index (χ0) is 13.2. The maximum Gasteiger partial charge on any atom is 0.330 e. The second-order valence-corrected chi connectivity index (χ2v) is 4.60. The molecule has 1 heterocycles. The van der Waals surface area contributed by atoms with E-state index in [9.17, 15) is 9.59 Å². The smallest absolute Gasteiger partial charge is 0.301 e. The van der Waals surface area contributed by atoms with Gasteiger partial charge < -0.3 is 4.57 Å². The molecule has 0 radical (unpaired) electrons. The highest BCUT2D eigenvalue weighted by atomic mass is 16.2. The summed E-state index contributed by atoms with van der Waals surface area (Å²) in [5.74, 6) is 0.255. The van der Waals surface area contributed by atoms with E-state index in [4.69, 9.17) is 0 Å². The fraction of sp³-hybridized carbons (Fsp3) is 0.692. The van der Waals surface area contributed by atoms with Gasteiger partial charge in [0.2, 0.25) is 0 Å². The Labute approximate surface area is 102 Å². The Morgan fingerprint density at radius 2 is 1.71 bits per heavy atom. The van der Waals surface area contributed by atoms with E-state index in [1.807, 2.05) is 6.92 Å². The molecule has 4 nitrogen and oxygen atoms in total. The van der Waals surface area contributed by atoms with Crippen LogP contribution in [0.5, 0.6) is 0 Å². The van der Waals surface area contributed by atoms with Crippen molar-refractivity contribution in [3.05, 3.63) is 32.1 Å². The summed E-state index contributed by atoms with van der Waals surface area (Å²) in [6, 6.07) is 0. The van der Waals surface area contributed by atoms with Gasteiger partial charge in [-0.25, -0.2) is 4.79 Å². The van der Waals surface area contributed by atoms with Crippen molar-refractivity contribution in [2.75, 3.05) is 0 Å². The maximum absolute atomic E-state index is 12.2. The Bertz CT molecular complexity index is 511. The van der Waals surface area contributed by atoms with Gasteiger partial charge in [0, 0.05) is 25.4 Å². The topological polar surface area (TPSA) is 44.0 Å². The Balaban J connectivity index is 3.53. The van der Waals surface area contributed by atoms with E-state index in [1.165, 1.54) is 4.57 Å². The summed E-state index contributed by atoms with van der Waals surface area (Å²) in [7, 11) is 3.27. The summed E-state index contributed by atoms with van der Waals surface area (Å²) in [6.07, 6.45) is 2.97. The molecule has 0 N–H and O–H groups in total. The first-order valence-corrected chi connectivity index (χ1v) is 6.22. The summed E-state index contributed by atoms with van der Waals surface area (Å²) in [6.45, 7) is 6.06. The van der Waals surface area contributed by atoms with Gasteiger partial charge in [-0.15, -0.1) is 0 Å². The van der Waals surface area contributed by atoms with Crippen molar-refractivity contribution in [2.45, 2.75) is 46.0 Å². The molecule has 17 heavy (non-hydrogen) atoms. The normalized spacial score (nSPS) is 12.8. The van der Waals surface area contributed by atoms with Crippen molar-refractivity contribution < 1.29 is 0 Å². The fourth-order valence-electron chi connectivity index (χ4n) is 2.34. The van der Waals surface area contributed by atoms with Crippen molar-refractivity contribution >= 4 is 0 Å². The van der Waals surface area contributed by atoms with Gasteiger partial charge >= 0.3 is 5.69 Å². The molecule has 0 aromatic carbocycles. The molecule has 0 fully saturated rings. The molecule has 1 rings (SSSR count). The van der Waals surface area contributed by atoms with Gasteiger partial charge in [0.1, 0.15) is 0 Å². The minimum atomic E-state index is -0.248. The lowest BCUT2D eigenvalue weighted by Crippen LogP contribution is -2.41. The average Bonchev–Trinajstić information content (AvgIpc) is 2.33. The van der Waals surface area contributed by atoms with E-state index in [-0.39, 0.29) is 17.2 Å². The van der Waals surface area contributed by atoms with E-state index in [2.05, 4.69) is 13.8 Å². The van der Waals surface area contributed by atoms with Crippen LogP contribution in [0.25, 0.3) is 0 Å². The van der Waals surface area contributed by atoms with Gasteiger partial charge in [-0.1, -0.05) is 20.3 Å². The molecule has 0 saturated heterocycles. The molecule has 0 aliphatic carbocycles. The molecule has 0 aliphatic heterocycles. The molecule has 0 bridgehead atoms. The molecule has 0 aliphatic rings. The summed E-state index contributed by atoms with van der Waals surface area (Å²) < 4.78 is 2.77. The monoisotopic (exact) mass is 238 g/mol. The first kappa shape index (κ1) is 13.7. The van der Waals surface area contributed by atoms with Crippen LogP contribution in [0.3, 0.4) is 0 Å². The Morgan fingerprint density at radius 1 is 1.12 bits per heavy atom. The minimum absolute atomic E-state index is 0.133. The molecule has 0 amide bonds. The molecule has 0 saturated carbocycles. The summed E-state index contributed by atoms with van der Waals surface area (Å²) in [5, 5.41) is 0. The van der Waals surface area contributed by atoms with Crippen molar-refractivity contribution in [3.63, 3.8) is 0 Å². The van der Waals surface area contributed by atoms with Crippen molar-refractivity contribution in [1.82, 2.24) is 9.13 Å². The molecule has 1 aromatic rings. The second-order valence-electron chi connectivity index (χ2n) is 4.60. The van der Waals surface area contributed by atoms with Crippen LogP contribution in [0.1, 0.15) is 50.3 Å². The van der Waals surface area contributed by atoms with Crippen molar-refractivity contribution in [1.29, 1.82) is 0 Å². The molecule has 96 valence electrons. The van der Waals surface area contributed by atoms with Crippen molar-refractivity contribution in [2.24, 2.45) is 14.1 Å². The number of aromatic nitrogens is 2. The minimum Gasteiger partial charge on any atom is -0.301 e. The highest BCUT2D eigenvalue weighted by molar-refractivity contribution is 5.21. The van der Waals surface area contributed by atoms with Gasteiger partial charge in [0.25, 0.3) is 5.56 Å². The lowest BCUT2D eigenvalue weighted by molar-refractivity contribution is 0.553. The lowest BCUT2D eigenvalue weighted by Gasteiger charge is -2.19. The van der Waals surface area contributed by atoms with Crippen LogP contribution in [0.2, 0.25) is 0 Å². The maximum atomic E-state index is 12.2. The standard InChI is InChI=1S/C13H22N2O2/c1-6-8-10(7-2)11-9(3)14(4)13(17)15(5)12(11)16/h10H,6-8H2,1-5H3. The highest BCUT2D eigenvalue weighted by Gasteiger charge is 2.19. The number of hydrogen-bond donors (Lipinski definition) is 0. The van der Waals surface area contributed by atoms with Gasteiger partial charge in [0.15, 0.2) is 0 Å². The molecule has 1 atom stereocenters. The molecule has 0 spiro atoms. The van der Waals surface area contributed by atoms with Crippen LogP contribution in [0.4, 0.5) is 0 Å². The quantitative estimate of drug-likeness (QED) is 0.801. The third kappa shape index (κ3) is 2.35. The van der Waals surface area contributed by atoms with Gasteiger partial charge in [-0.2, -0.15) is 0 Å². The molecular weight excluding hydrogens is 216 g/mol. The van der Waals surface area contributed by atoms with Crippen LogP contribution < -0.4 is 11.2 Å². The number of hydrogen-bond acceptors (Lipinski definition) is 2. The van der Waals surface area contributed by atoms with Crippen LogP contribution >= 0.6 is 0 Å². The first-order valence-electron chi connectivity index (χ1n) is 6.22. The van der Waals surface area contributed by atoms with E-state index in [0.29, 0.717) is 0 Å². The number of nitrogens with zero attached hydrogens (tertiary/aromatic N) is 2. The van der Waals surface area contributed by atoms with E-state index >= 15 is 0 Å². The molecule has 1 unspecified atom stereocenters. The Kier molecular flexibility index (Phi) is 4.32. The van der Waals surface area contributed by atoms with Gasteiger partial charge in [0.05, 0.1) is 0 Å². The predicted octanol–water partition coefficient (Wildman–Crippen LogP) is 1.69. The SMILES string of the molecule is CCCC(CC)c1c(C)n(C)c(=O)n(C)c1=O. The lowest BCUT2D eigenvalue weighted by atomic mass is 9.92. The molecular formula is C13H22N2O2. The Morgan fingerprint density at radius 3 is 2.18 bits per heavy atom. The van der Waals surface area contributed by atoms with Crippen LogP contribution in [-0.2, 0) is 14.1 Å². The average molecular weight is 238 g/mol. The van der Waals surface area contributed by atoms with Crippen LogP contribution in [0.15, 0.2) is 9.59 Å². The first-order chi connectivity index (χ1) is 7.95. The van der Waals surface area contributed by atoms with Crippen molar-refractivity contribution in [3.8, 4) is 0 Å². The van der Waals surface area contributed by atoms with E-state index in [0.717, 1.165) is 30.5 Å². The molecule has 1 aromatic heterocycles. The number of rotatable bonds is 4. The van der Waals surface area contributed by atoms with Gasteiger partial charge in [-0.3, -0.25) is 9.36 Å². The third-order valence-corrected chi connectivity index (χ3v) is 3.54. The second kappa shape index (κ2) is 5.34. The third-order valence-electron chi connectivity index (χ3n) is 3.54.